The minimum Gasteiger partial charge on any atom is -0.365 e. The van der Waals surface area contributed by atoms with Gasteiger partial charge in [0, 0.05) is 11.4 Å². The molecule has 27 heavy (non-hydrogen) atoms. The van der Waals surface area contributed by atoms with Gasteiger partial charge >= 0.3 is 0 Å². The number of hydrogen-bond donors (Lipinski definition) is 1. The Kier molecular flexibility index (Phi) is 4.49. The smallest absolute Gasteiger partial charge is 0.261 e. The number of thiophene rings is 1. The minimum absolute atomic E-state index is 0.0543. The maximum atomic E-state index is 12.9. The summed E-state index contributed by atoms with van der Waals surface area (Å²) in [5.41, 5.74) is 5.72. The third-order valence-electron chi connectivity index (χ3n) is 4.81. The van der Waals surface area contributed by atoms with Gasteiger partial charge in [-0.3, -0.25) is 19.0 Å². The fourth-order valence-corrected chi connectivity index (χ4v) is 4.49. The molecule has 2 amide bonds. The predicted octanol–water partition coefficient (Wildman–Crippen LogP) is 1.92. The van der Waals surface area contributed by atoms with Gasteiger partial charge in [-0.25, -0.2) is 4.98 Å². The van der Waals surface area contributed by atoms with E-state index in [0.717, 1.165) is 17.7 Å². The predicted molar refractivity (Wildman–Crippen MR) is 103 cm³/mol. The Morgan fingerprint density at radius 3 is 2.81 bits per heavy atom. The van der Waals surface area contributed by atoms with Crippen molar-refractivity contribution in [2.24, 2.45) is 5.73 Å². The van der Waals surface area contributed by atoms with Gasteiger partial charge in [0.15, 0.2) is 0 Å². The van der Waals surface area contributed by atoms with E-state index in [4.69, 9.17) is 5.73 Å². The SMILES string of the molecule is NC(=O)c1ccc(C2CCCN2C(=O)Cn2cnc3ccccc3c2=O)s1. The number of primary amides is 1. The van der Waals surface area contributed by atoms with Crippen LogP contribution in [0.25, 0.3) is 10.9 Å². The van der Waals surface area contributed by atoms with Gasteiger partial charge in [0.25, 0.3) is 11.5 Å². The highest BCUT2D eigenvalue weighted by molar-refractivity contribution is 7.14. The van der Waals surface area contributed by atoms with Crippen molar-refractivity contribution in [3.8, 4) is 0 Å². The van der Waals surface area contributed by atoms with Gasteiger partial charge in [-0.05, 0) is 37.1 Å². The van der Waals surface area contributed by atoms with E-state index >= 15 is 0 Å². The third-order valence-corrected chi connectivity index (χ3v) is 6.01. The lowest BCUT2D eigenvalue weighted by Crippen LogP contribution is -2.36. The number of aromatic nitrogens is 2. The fraction of sp³-hybridized carbons (Fsp3) is 0.263. The number of benzene rings is 1. The van der Waals surface area contributed by atoms with Crippen molar-refractivity contribution in [2.45, 2.75) is 25.4 Å². The standard InChI is InChI=1S/C19H18N4O3S/c20-18(25)16-8-7-15(27-16)14-6-3-9-23(14)17(24)10-22-11-21-13-5-2-1-4-12(13)19(22)26/h1-2,4-5,7-8,11,14H,3,6,9-10H2,(H2,20,25). The molecule has 8 heteroatoms. The van der Waals surface area contributed by atoms with Crippen LogP contribution in [0.4, 0.5) is 0 Å². The first-order valence-corrected chi connectivity index (χ1v) is 9.49. The van der Waals surface area contributed by atoms with Crippen LogP contribution in [0.1, 0.15) is 33.4 Å². The molecule has 0 bridgehead atoms. The maximum absolute atomic E-state index is 12.9. The Morgan fingerprint density at radius 2 is 2.04 bits per heavy atom. The Labute approximate surface area is 159 Å². The zero-order valence-electron chi connectivity index (χ0n) is 14.5. The van der Waals surface area contributed by atoms with E-state index in [1.54, 1.807) is 29.2 Å². The van der Waals surface area contributed by atoms with Crippen molar-refractivity contribution in [1.29, 1.82) is 0 Å². The van der Waals surface area contributed by atoms with Gasteiger partial charge in [0.05, 0.1) is 28.1 Å². The Morgan fingerprint density at radius 1 is 1.22 bits per heavy atom. The lowest BCUT2D eigenvalue weighted by atomic mass is 10.2. The van der Waals surface area contributed by atoms with Crippen LogP contribution in [0.15, 0.2) is 47.5 Å². The summed E-state index contributed by atoms with van der Waals surface area (Å²) in [5.74, 6) is -0.596. The topological polar surface area (TPSA) is 98.3 Å². The fourth-order valence-electron chi connectivity index (χ4n) is 3.48. The molecule has 3 aromatic rings. The molecule has 1 unspecified atom stereocenters. The summed E-state index contributed by atoms with van der Waals surface area (Å²) in [7, 11) is 0. The quantitative estimate of drug-likeness (QED) is 0.745. The van der Waals surface area contributed by atoms with Gasteiger partial charge in [-0.2, -0.15) is 0 Å². The first kappa shape index (κ1) is 17.4. The van der Waals surface area contributed by atoms with Crippen LogP contribution >= 0.6 is 11.3 Å². The number of nitrogens with zero attached hydrogens (tertiary/aromatic N) is 3. The van der Waals surface area contributed by atoms with Gasteiger partial charge < -0.3 is 10.6 Å². The highest BCUT2D eigenvalue weighted by atomic mass is 32.1. The van der Waals surface area contributed by atoms with Crippen LogP contribution in [0.3, 0.4) is 0 Å². The Hall–Kier alpha value is -3.00. The number of para-hydroxylation sites is 1. The van der Waals surface area contributed by atoms with E-state index in [2.05, 4.69) is 4.98 Å². The molecule has 0 spiro atoms. The number of amides is 2. The molecule has 2 aromatic heterocycles. The van der Waals surface area contributed by atoms with Crippen LogP contribution < -0.4 is 11.3 Å². The van der Waals surface area contributed by atoms with E-state index in [0.29, 0.717) is 22.3 Å². The molecule has 0 saturated carbocycles. The first-order chi connectivity index (χ1) is 13.0. The molecule has 3 heterocycles. The van der Waals surface area contributed by atoms with Crippen molar-refractivity contribution in [3.05, 3.63) is 62.8 Å². The highest BCUT2D eigenvalue weighted by Gasteiger charge is 2.31. The van der Waals surface area contributed by atoms with Crippen molar-refractivity contribution in [1.82, 2.24) is 14.5 Å². The molecule has 1 aliphatic rings. The van der Waals surface area contributed by atoms with Gasteiger partial charge in [-0.1, -0.05) is 12.1 Å². The molecule has 1 aromatic carbocycles. The van der Waals surface area contributed by atoms with Crippen LogP contribution in [-0.4, -0.2) is 32.8 Å². The van der Waals surface area contributed by atoms with Crippen molar-refractivity contribution < 1.29 is 9.59 Å². The molecule has 1 fully saturated rings. The largest absolute Gasteiger partial charge is 0.365 e. The van der Waals surface area contributed by atoms with Gasteiger partial charge in [-0.15, -0.1) is 11.3 Å². The third kappa shape index (κ3) is 3.23. The number of likely N-dealkylation sites (tertiary alicyclic amines) is 1. The lowest BCUT2D eigenvalue weighted by Gasteiger charge is -2.24. The second-order valence-corrected chi connectivity index (χ2v) is 7.62. The summed E-state index contributed by atoms with van der Waals surface area (Å²) < 4.78 is 1.35. The summed E-state index contributed by atoms with van der Waals surface area (Å²) in [4.78, 5) is 44.3. The van der Waals surface area contributed by atoms with E-state index in [1.165, 1.54) is 22.2 Å². The van der Waals surface area contributed by atoms with Crippen LogP contribution in [0, 0.1) is 0 Å². The number of nitrogens with two attached hydrogens (primary N) is 1. The number of fused-ring (bicyclic) bond motifs is 1. The molecule has 138 valence electrons. The maximum Gasteiger partial charge on any atom is 0.261 e. The zero-order chi connectivity index (χ0) is 19.0. The van der Waals surface area contributed by atoms with Gasteiger partial charge in [0.2, 0.25) is 5.91 Å². The van der Waals surface area contributed by atoms with Crippen molar-refractivity contribution >= 4 is 34.1 Å². The Bertz CT molecular complexity index is 1090. The normalized spacial score (nSPS) is 16.7. The van der Waals surface area contributed by atoms with Crippen LogP contribution in [0.2, 0.25) is 0 Å². The molecule has 0 radical (unpaired) electrons. The summed E-state index contributed by atoms with van der Waals surface area (Å²) in [5, 5.41) is 0.495. The summed E-state index contributed by atoms with van der Waals surface area (Å²) >= 11 is 1.32. The molecule has 0 aliphatic carbocycles. The molecule has 2 N–H and O–H groups in total. The molecule has 1 atom stereocenters. The van der Waals surface area contributed by atoms with Crippen molar-refractivity contribution in [2.75, 3.05) is 6.54 Å². The van der Waals surface area contributed by atoms with Crippen LogP contribution in [-0.2, 0) is 11.3 Å². The first-order valence-electron chi connectivity index (χ1n) is 8.68. The molecule has 4 rings (SSSR count). The van der Waals surface area contributed by atoms with E-state index in [-0.39, 0.29) is 24.1 Å². The number of carbonyl (C=O) groups is 2. The second-order valence-electron chi connectivity index (χ2n) is 6.51. The highest BCUT2D eigenvalue weighted by Crippen LogP contribution is 2.36. The van der Waals surface area contributed by atoms with Crippen molar-refractivity contribution in [3.63, 3.8) is 0 Å². The second kappa shape index (κ2) is 6.96. The molecular weight excluding hydrogens is 364 g/mol. The van der Waals surface area contributed by atoms with Gasteiger partial charge in [0.1, 0.15) is 6.54 Å². The average molecular weight is 382 g/mol. The average Bonchev–Trinajstić information content (AvgIpc) is 3.33. The molecule has 1 aliphatic heterocycles. The van der Waals surface area contributed by atoms with Crippen LogP contribution in [0.5, 0.6) is 0 Å². The summed E-state index contributed by atoms with van der Waals surface area (Å²) in [6, 6.07) is 10.5. The molecule has 1 saturated heterocycles. The number of carbonyl (C=O) groups excluding carboxylic acids is 2. The number of hydrogen-bond acceptors (Lipinski definition) is 5. The Balaban J connectivity index is 1.58. The number of rotatable bonds is 4. The van der Waals surface area contributed by atoms with E-state index in [9.17, 15) is 14.4 Å². The lowest BCUT2D eigenvalue weighted by molar-refractivity contribution is -0.132. The zero-order valence-corrected chi connectivity index (χ0v) is 15.3. The molecular formula is C19H18N4O3S. The summed E-state index contributed by atoms with van der Waals surface area (Å²) in [6.45, 7) is 0.574. The minimum atomic E-state index is -0.462. The van der Waals surface area contributed by atoms with E-state index < -0.39 is 5.91 Å². The summed E-state index contributed by atoms with van der Waals surface area (Å²) in [6.07, 6.45) is 3.13. The molecule has 7 nitrogen and oxygen atoms in total. The van der Waals surface area contributed by atoms with E-state index in [1.807, 2.05) is 12.1 Å². The monoisotopic (exact) mass is 382 g/mol.